The van der Waals surface area contributed by atoms with Crippen LogP contribution in [0, 0.1) is 11.8 Å². The van der Waals surface area contributed by atoms with E-state index in [0.29, 0.717) is 13.0 Å². The minimum Gasteiger partial charge on any atom is -0.395 e. The Kier molecular flexibility index (Phi) is 5.78. The highest BCUT2D eigenvalue weighted by Crippen LogP contribution is 2.23. The molecule has 1 aromatic rings. The van der Waals surface area contributed by atoms with Crippen molar-refractivity contribution in [1.82, 2.24) is 4.31 Å². The van der Waals surface area contributed by atoms with E-state index in [1.165, 1.54) is 15.6 Å². The normalized spacial score (nSPS) is 12.3. The summed E-state index contributed by atoms with van der Waals surface area (Å²) in [4.78, 5) is 0.952. The Morgan fingerprint density at radius 1 is 1.40 bits per heavy atom. The Morgan fingerprint density at radius 2 is 2.05 bits per heavy atom. The van der Waals surface area contributed by atoms with Crippen LogP contribution >= 0.6 is 11.3 Å². The number of hydrogen-bond acceptors (Lipinski definition) is 4. The van der Waals surface area contributed by atoms with Crippen LogP contribution in [0.4, 0.5) is 0 Å². The second-order valence-electron chi connectivity index (χ2n) is 5.45. The third-order valence-corrected chi connectivity index (χ3v) is 6.10. The molecule has 1 rings (SSSR count). The molecule has 0 radical (unpaired) electrons. The van der Waals surface area contributed by atoms with Crippen molar-refractivity contribution >= 4 is 21.4 Å². The van der Waals surface area contributed by atoms with Crippen LogP contribution in [0.2, 0.25) is 0 Å². The first kappa shape index (κ1) is 17.2. The molecule has 0 aromatic carbocycles. The molecule has 0 aliphatic carbocycles. The highest BCUT2D eigenvalue weighted by Gasteiger charge is 2.33. The minimum atomic E-state index is -3.32. The van der Waals surface area contributed by atoms with Gasteiger partial charge < -0.3 is 5.11 Å². The fraction of sp³-hybridized carbons (Fsp3) is 0.571. The maximum absolute atomic E-state index is 12.2. The number of hydrogen-bond donors (Lipinski definition) is 1. The van der Waals surface area contributed by atoms with E-state index in [4.69, 9.17) is 5.11 Å². The van der Waals surface area contributed by atoms with Gasteiger partial charge in [0.25, 0.3) is 0 Å². The molecule has 0 fully saturated rings. The number of rotatable bonds is 4. The maximum atomic E-state index is 12.2. The van der Waals surface area contributed by atoms with Gasteiger partial charge in [0.1, 0.15) is 0 Å². The number of sulfonamides is 1. The van der Waals surface area contributed by atoms with Gasteiger partial charge in [-0.05, 0) is 26.8 Å². The molecule has 0 aliphatic rings. The van der Waals surface area contributed by atoms with Crippen LogP contribution in [0.25, 0.3) is 0 Å². The SMILES string of the molecule is CN(Cc1cc(C#CCCO)cs1)S(=O)(=O)C(C)(C)C. The van der Waals surface area contributed by atoms with E-state index >= 15 is 0 Å². The predicted molar refractivity (Wildman–Crippen MR) is 83.0 cm³/mol. The van der Waals surface area contributed by atoms with Crippen LogP contribution in [0.15, 0.2) is 11.4 Å². The van der Waals surface area contributed by atoms with Crippen LogP contribution in [-0.2, 0) is 16.6 Å². The Bertz CT molecular complexity index is 600. The van der Waals surface area contributed by atoms with E-state index in [1.54, 1.807) is 27.8 Å². The zero-order valence-corrected chi connectivity index (χ0v) is 13.9. The van der Waals surface area contributed by atoms with Gasteiger partial charge in [-0.3, -0.25) is 0 Å². The zero-order chi connectivity index (χ0) is 15.4. The lowest BCUT2D eigenvalue weighted by Crippen LogP contribution is -2.40. The smallest absolute Gasteiger partial charge is 0.219 e. The third kappa shape index (κ3) is 4.32. The van der Waals surface area contributed by atoms with Gasteiger partial charge in [-0.1, -0.05) is 11.8 Å². The van der Waals surface area contributed by atoms with Gasteiger partial charge in [0, 0.05) is 35.8 Å². The van der Waals surface area contributed by atoms with Gasteiger partial charge in [-0.25, -0.2) is 8.42 Å². The molecule has 0 aliphatic heterocycles. The molecule has 1 N–H and O–H groups in total. The molecule has 0 saturated carbocycles. The van der Waals surface area contributed by atoms with Gasteiger partial charge in [0.15, 0.2) is 0 Å². The largest absolute Gasteiger partial charge is 0.395 e. The lowest BCUT2D eigenvalue weighted by atomic mass is 10.3. The Balaban J connectivity index is 2.79. The first-order valence-electron chi connectivity index (χ1n) is 6.31. The summed E-state index contributed by atoms with van der Waals surface area (Å²) < 4.78 is 25.1. The van der Waals surface area contributed by atoms with E-state index in [9.17, 15) is 8.42 Å². The molecule has 112 valence electrons. The van der Waals surface area contributed by atoms with Crippen molar-refractivity contribution in [2.24, 2.45) is 0 Å². The Labute approximate surface area is 125 Å². The molecule has 0 spiro atoms. The van der Waals surface area contributed by atoms with Crippen molar-refractivity contribution < 1.29 is 13.5 Å². The molecule has 20 heavy (non-hydrogen) atoms. The molecule has 4 nitrogen and oxygen atoms in total. The summed E-state index contributed by atoms with van der Waals surface area (Å²) in [5, 5.41) is 10.6. The van der Waals surface area contributed by atoms with Crippen molar-refractivity contribution in [3.8, 4) is 11.8 Å². The third-order valence-electron chi connectivity index (χ3n) is 2.69. The molecule has 0 bridgehead atoms. The van der Waals surface area contributed by atoms with Crippen molar-refractivity contribution in [2.75, 3.05) is 13.7 Å². The predicted octanol–water partition coefficient (Wildman–Crippen LogP) is 2.04. The van der Waals surface area contributed by atoms with Crippen LogP contribution in [0.1, 0.15) is 37.6 Å². The second kappa shape index (κ2) is 6.72. The average Bonchev–Trinajstić information content (AvgIpc) is 2.75. The molecule has 1 heterocycles. The fourth-order valence-corrected chi connectivity index (χ4v) is 3.72. The zero-order valence-electron chi connectivity index (χ0n) is 12.3. The van der Waals surface area contributed by atoms with Gasteiger partial charge in [-0.2, -0.15) is 4.31 Å². The number of nitrogens with zero attached hydrogens (tertiary/aromatic N) is 1. The molecule has 0 atom stereocenters. The van der Waals surface area contributed by atoms with Crippen LogP contribution in [0.5, 0.6) is 0 Å². The molecular weight excluding hydrogens is 294 g/mol. The van der Waals surface area contributed by atoms with Gasteiger partial charge in [0.05, 0.1) is 11.4 Å². The van der Waals surface area contributed by atoms with Crippen molar-refractivity contribution in [3.05, 3.63) is 21.9 Å². The maximum Gasteiger partial charge on any atom is 0.219 e. The summed E-state index contributed by atoms with van der Waals surface area (Å²) in [6, 6.07) is 1.89. The minimum absolute atomic E-state index is 0.0521. The fourth-order valence-electron chi connectivity index (χ4n) is 1.52. The van der Waals surface area contributed by atoms with Crippen LogP contribution < -0.4 is 0 Å². The lowest BCUT2D eigenvalue weighted by Gasteiger charge is -2.26. The Hall–Kier alpha value is -0.870. The second-order valence-corrected chi connectivity index (χ2v) is 9.24. The quantitative estimate of drug-likeness (QED) is 0.865. The molecule has 1 aromatic heterocycles. The molecule has 0 unspecified atom stereocenters. The average molecular weight is 315 g/mol. The van der Waals surface area contributed by atoms with Crippen molar-refractivity contribution in [2.45, 2.75) is 38.5 Å². The molecule has 6 heteroatoms. The molecule has 0 amide bonds. The van der Waals surface area contributed by atoms with Crippen molar-refractivity contribution in [3.63, 3.8) is 0 Å². The Morgan fingerprint density at radius 3 is 2.60 bits per heavy atom. The van der Waals surface area contributed by atoms with E-state index < -0.39 is 14.8 Å². The van der Waals surface area contributed by atoms with E-state index in [-0.39, 0.29) is 6.61 Å². The van der Waals surface area contributed by atoms with Gasteiger partial charge >= 0.3 is 0 Å². The molecule has 0 saturated heterocycles. The van der Waals surface area contributed by atoms with E-state index in [0.717, 1.165) is 10.4 Å². The molecular formula is C14H21NO3S2. The summed E-state index contributed by atoms with van der Waals surface area (Å²) in [5.41, 5.74) is 0.861. The first-order valence-corrected chi connectivity index (χ1v) is 8.63. The highest BCUT2D eigenvalue weighted by molar-refractivity contribution is 7.90. The van der Waals surface area contributed by atoms with Gasteiger partial charge in [-0.15, -0.1) is 11.3 Å². The number of aliphatic hydroxyl groups excluding tert-OH is 1. The monoisotopic (exact) mass is 315 g/mol. The standard InChI is InChI=1S/C14H21NO3S2/c1-14(2,3)20(17,18)15(4)10-13-9-12(11-19-13)7-5-6-8-16/h9,11,16H,6,8,10H2,1-4H3. The summed E-state index contributed by atoms with van der Waals surface area (Å²) in [6.45, 7) is 5.49. The van der Waals surface area contributed by atoms with E-state index in [1.807, 2.05) is 11.4 Å². The van der Waals surface area contributed by atoms with Crippen molar-refractivity contribution in [1.29, 1.82) is 0 Å². The van der Waals surface area contributed by atoms with Crippen LogP contribution in [-0.4, -0.2) is 36.2 Å². The highest BCUT2D eigenvalue weighted by atomic mass is 32.2. The van der Waals surface area contributed by atoms with Gasteiger partial charge in [0.2, 0.25) is 10.0 Å². The van der Waals surface area contributed by atoms with E-state index in [2.05, 4.69) is 11.8 Å². The van der Waals surface area contributed by atoms with Crippen LogP contribution in [0.3, 0.4) is 0 Å². The summed E-state index contributed by atoms with van der Waals surface area (Å²) in [6.07, 6.45) is 0.448. The first-order chi connectivity index (χ1) is 9.18. The summed E-state index contributed by atoms with van der Waals surface area (Å²) in [7, 11) is -1.72. The topological polar surface area (TPSA) is 57.6 Å². The lowest BCUT2D eigenvalue weighted by molar-refractivity contribution is 0.305. The summed E-state index contributed by atoms with van der Waals surface area (Å²) in [5.74, 6) is 5.79. The summed E-state index contributed by atoms with van der Waals surface area (Å²) >= 11 is 1.49. The number of thiophene rings is 1. The number of aliphatic hydroxyl groups is 1.